The van der Waals surface area contributed by atoms with Crippen molar-refractivity contribution in [3.05, 3.63) is 140 Å². The Morgan fingerprint density at radius 1 is 0.607 bits per heavy atom. The highest BCUT2D eigenvalue weighted by Gasteiger charge is 2.43. The summed E-state index contributed by atoms with van der Waals surface area (Å²) < 4.78 is 26.3. The van der Waals surface area contributed by atoms with Crippen LogP contribution in [-0.2, 0) is 35.8 Å². The molecule has 0 bridgehead atoms. The van der Waals surface area contributed by atoms with E-state index < -0.39 is 20.2 Å². The number of hydrogen-bond acceptors (Lipinski definition) is 6. The molecule has 4 unspecified atom stereocenters. The number of carbonyl (C=O) groups excluding carboxylic acids is 2. The van der Waals surface area contributed by atoms with Crippen LogP contribution in [0.1, 0.15) is 165 Å². The fourth-order valence-electron chi connectivity index (χ4n) is 8.93. The van der Waals surface area contributed by atoms with E-state index in [1.165, 1.54) is 11.1 Å². The minimum Gasteiger partial charge on any atom is -0.439 e. The van der Waals surface area contributed by atoms with E-state index in [0.717, 1.165) is 66.9 Å². The Labute approximate surface area is 366 Å². The lowest BCUT2D eigenvalue weighted by atomic mass is 9.75. The molecule has 322 valence electrons. The van der Waals surface area contributed by atoms with Crippen LogP contribution in [0, 0.1) is 19.8 Å². The van der Waals surface area contributed by atoms with E-state index in [0.29, 0.717) is 17.9 Å². The summed E-state index contributed by atoms with van der Waals surface area (Å²) in [6.07, 6.45) is 2.78. The molecule has 7 rings (SSSR count). The van der Waals surface area contributed by atoms with Crippen molar-refractivity contribution in [2.24, 2.45) is 5.92 Å². The first-order chi connectivity index (χ1) is 28.2. The molecule has 0 amide bonds. The van der Waals surface area contributed by atoms with Gasteiger partial charge < -0.3 is 18.5 Å². The monoisotopic (exact) mass is 840 g/mol. The van der Waals surface area contributed by atoms with Crippen LogP contribution in [0.2, 0.25) is 0 Å². The predicted molar refractivity (Wildman–Crippen MR) is 249 cm³/mol. The van der Waals surface area contributed by atoms with Gasteiger partial charge in [0.2, 0.25) is 0 Å². The minimum atomic E-state index is -1.63. The molecule has 0 fully saturated rings. The summed E-state index contributed by atoms with van der Waals surface area (Å²) in [7, 11) is -1.63. The molecule has 0 radical (unpaired) electrons. The maximum atomic E-state index is 13.8. The van der Waals surface area contributed by atoms with Crippen LogP contribution in [0.25, 0.3) is 0 Å². The molecule has 3 aliphatic rings. The molecule has 4 aromatic carbocycles. The van der Waals surface area contributed by atoms with Crippen LogP contribution < -0.4 is 19.3 Å². The highest BCUT2D eigenvalue weighted by molar-refractivity contribution is 7.56. The zero-order valence-electron chi connectivity index (χ0n) is 39.3. The van der Waals surface area contributed by atoms with Crippen molar-refractivity contribution in [2.75, 3.05) is 0 Å². The summed E-state index contributed by atoms with van der Waals surface area (Å²) in [6.45, 7) is 34.6. The highest BCUT2D eigenvalue weighted by Crippen LogP contribution is 2.53. The molecule has 0 saturated carbocycles. The smallest absolute Gasteiger partial charge is 0.325 e. The van der Waals surface area contributed by atoms with E-state index in [2.05, 4.69) is 139 Å². The highest BCUT2D eigenvalue weighted by atomic mass is 31.2. The van der Waals surface area contributed by atoms with Crippen molar-refractivity contribution in [1.29, 1.82) is 0 Å². The lowest BCUT2D eigenvalue weighted by Crippen LogP contribution is -2.20. The maximum absolute atomic E-state index is 13.8. The Balaban J connectivity index is 1.23. The normalized spacial score (nSPS) is 19.9. The number of benzene rings is 4. The topological polar surface area (TPSA) is 71.1 Å². The van der Waals surface area contributed by atoms with Gasteiger partial charge in [-0.05, 0) is 94.4 Å². The lowest BCUT2D eigenvalue weighted by Gasteiger charge is -2.30. The van der Waals surface area contributed by atoms with Crippen molar-refractivity contribution >= 4 is 25.6 Å². The average molecular weight is 841 g/mol. The number of fused-ring (bicyclic) bond motifs is 2. The van der Waals surface area contributed by atoms with Gasteiger partial charge in [-0.25, -0.2) is 0 Å². The van der Waals surface area contributed by atoms with Crippen molar-refractivity contribution in [3.63, 3.8) is 0 Å². The van der Waals surface area contributed by atoms with Gasteiger partial charge in [0.25, 0.3) is 0 Å². The molecule has 1 aliphatic carbocycles. The van der Waals surface area contributed by atoms with Gasteiger partial charge in [-0.2, -0.15) is 0 Å². The largest absolute Gasteiger partial charge is 0.439 e. The molecule has 4 aromatic rings. The maximum Gasteiger partial charge on any atom is 0.325 e. The molecule has 2 heterocycles. The van der Waals surface area contributed by atoms with Gasteiger partial charge >= 0.3 is 20.3 Å². The van der Waals surface area contributed by atoms with Crippen LogP contribution in [0.3, 0.4) is 0 Å². The Hall–Kier alpha value is -4.67. The first-order valence-electron chi connectivity index (χ1n) is 21.8. The molecule has 2 aliphatic heterocycles. The Morgan fingerprint density at radius 2 is 1.08 bits per heavy atom. The van der Waals surface area contributed by atoms with Gasteiger partial charge in [-0.1, -0.05) is 156 Å². The standard InChI is InChI=1S/C54H65O6P/c1-30-22-34(43-39-26-36(51(5,6)7)28-41(53(11,12)13)47(39)57-49(43)55)23-31(2)45(30)59-61(38-20-18-17-19-21-38)60-46-32(3)24-35(25-33(46)4)44-40-27-37(52(8,9)10)29-42(54(14,15)16)48(40)58-50(44)56/h17-24,26-29,33,43-44H,25H2,1-16H3. The number of allylic oxidation sites excluding steroid dienone is 3. The summed E-state index contributed by atoms with van der Waals surface area (Å²) in [5.41, 5.74) is 10.5. The van der Waals surface area contributed by atoms with E-state index in [1.807, 2.05) is 44.2 Å². The third-order valence-electron chi connectivity index (χ3n) is 12.4. The van der Waals surface area contributed by atoms with Gasteiger partial charge in [0, 0.05) is 28.2 Å². The average Bonchev–Trinajstić information content (AvgIpc) is 3.66. The molecule has 61 heavy (non-hydrogen) atoms. The van der Waals surface area contributed by atoms with Crippen LogP contribution in [0.15, 0.2) is 89.7 Å². The number of ether oxygens (including phenoxy) is 2. The van der Waals surface area contributed by atoms with Crippen LogP contribution in [0.4, 0.5) is 0 Å². The van der Waals surface area contributed by atoms with E-state index in [9.17, 15) is 9.59 Å². The fourth-order valence-corrected chi connectivity index (χ4v) is 10.5. The van der Waals surface area contributed by atoms with Crippen molar-refractivity contribution < 1.29 is 28.1 Å². The summed E-state index contributed by atoms with van der Waals surface area (Å²) in [6, 6.07) is 23.0. The molecule has 4 atom stereocenters. The molecule has 6 nitrogen and oxygen atoms in total. The quantitative estimate of drug-likeness (QED) is 0.105. The predicted octanol–water partition coefficient (Wildman–Crippen LogP) is 13.5. The van der Waals surface area contributed by atoms with E-state index in [4.69, 9.17) is 18.5 Å². The fraction of sp³-hybridized carbons (Fsp3) is 0.444. The molecule has 0 N–H and O–H groups in total. The van der Waals surface area contributed by atoms with E-state index in [1.54, 1.807) is 0 Å². The molecule has 0 spiro atoms. The second-order valence-corrected chi connectivity index (χ2v) is 23.1. The SMILES string of the molecule is CC1=C(OP(Oc2c(C)cc(C3C(=O)Oc4c3cc(C(C)(C)C)cc4C(C)(C)C)cc2C)c2ccccc2)C(C)CC(C2C(=O)Oc3c2cc(C(C)(C)C)cc3C(C)(C)C)=C1. The number of esters is 2. The van der Waals surface area contributed by atoms with Crippen LogP contribution >= 0.6 is 8.38 Å². The number of carbonyl (C=O) groups is 2. The van der Waals surface area contributed by atoms with Gasteiger partial charge in [0.05, 0.1) is 5.30 Å². The van der Waals surface area contributed by atoms with Crippen molar-refractivity contribution in [2.45, 2.75) is 151 Å². The van der Waals surface area contributed by atoms with Gasteiger partial charge in [0.15, 0.2) is 0 Å². The Bertz CT molecular complexity index is 2450. The third kappa shape index (κ3) is 8.59. The van der Waals surface area contributed by atoms with E-state index in [-0.39, 0.29) is 39.5 Å². The van der Waals surface area contributed by atoms with Crippen LogP contribution in [0.5, 0.6) is 17.2 Å². The number of aryl methyl sites for hydroxylation is 2. The van der Waals surface area contributed by atoms with Gasteiger partial charge in [-0.3, -0.25) is 9.59 Å². The summed E-state index contributed by atoms with van der Waals surface area (Å²) >= 11 is 0. The molecule has 0 saturated heterocycles. The molecular formula is C54H65O6P. The molecular weight excluding hydrogens is 776 g/mol. The zero-order chi connectivity index (χ0) is 44.7. The summed E-state index contributed by atoms with van der Waals surface area (Å²) in [4.78, 5) is 27.7. The summed E-state index contributed by atoms with van der Waals surface area (Å²) in [5.74, 6) is 1.48. The van der Waals surface area contributed by atoms with Crippen molar-refractivity contribution in [1.82, 2.24) is 0 Å². The minimum absolute atomic E-state index is 0.0176. The Morgan fingerprint density at radius 3 is 1.54 bits per heavy atom. The number of rotatable bonds is 7. The van der Waals surface area contributed by atoms with E-state index >= 15 is 0 Å². The summed E-state index contributed by atoms with van der Waals surface area (Å²) in [5, 5.41) is 0.943. The third-order valence-corrected chi connectivity index (χ3v) is 13.8. The first-order valence-corrected chi connectivity index (χ1v) is 23.0. The Kier molecular flexibility index (Phi) is 11.3. The van der Waals surface area contributed by atoms with Gasteiger partial charge in [-0.15, -0.1) is 0 Å². The molecule has 0 aromatic heterocycles. The number of hydrogen-bond donors (Lipinski definition) is 0. The second-order valence-electron chi connectivity index (χ2n) is 21.7. The zero-order valence-corrected chi connectivity index (χ0v) is 40.2. The molecule has 7 heteroatoms. The van der Waals surface area contributed by atoms with Crippen LogP contribution in [-0.4, -0.2) is 11.9 Å². The van der Waals surface area contributed by atoms with Gasteiger partial charge in [0.1, 0.15) is 34.8 Å². The first kappa shape index (κ1) is 44.4. The lowest BCUT2D eigenvalue weighted by molar-refractivity contribution is -0.134. The van der Waals surface area contributed by atoms with Crippen molar-refractivity contribution in [3.8, 4) is 17.2 Å². The second kappa shape index (κ2) is 15.6.